The van der Waals surface area contributed by atoms with Crippen molar-refractivity contribution in [2.24, 2.45) is 0 Å². The molecule has 1 saturated heterocycles. The molecule has 1 atom stereocenters. The molecular formula is C17H22N2O3. The van der Waals surface area contributed by atoms with E-state index in [1.54, 1.807) is 4.90 Å². The summed E-state index contributed by atoms with van der Waals surface area (Å²) in [6.45, 7) is 8.44. The van der Waals surface area contributed by atoms with E-state index in [4.69, 9.17) is 4.74 Å². The maximum atomic E-state index is 12.6. The van der Waals surface area contributed by atoms with E-state index in [0.29, 0.717) is 19.5 Å². The van der Waals surface area contributed by atoms with Crippen LogP contribution in [0.5, 0.6) is 0 Å². The molecule has 2 aliphatic rings. The van der Waals surface area contributed by atoms with Crippen molar-refractivity contribution in [1.82, 2.24) is 4.90 Å². The molecule has 1 fully saturated rings. The predicted octanol–water partition coefficient (Wildman–Crippen LogP) is 2.83. The molecule has 0 saturated carbocycles. The number of likely N-dealkylation sites (tertiary alicyclic amines) is 1. The van der Waals surface area contributed by atoms with Gasteiger partial charge in [0.25, 0.3) is 0 Å². The number of rotatable bonds is 0. The third-order valence-corrected chi connectivity index (χ3v) is 4.38. The Morgan fingerprint density at radius 3 is 2.77 bits per heavy atom. The first-order valence-electron chi connectivity index (χ1n) is 7.62. The third-order valence-electron chi connectivity index (χ3n) is 4.38. The quantitative estimate of drug-likeness (QED) is 0.801. The Labute approximate surface area is 130 Å². The molecule has 1 N–H and O–H groups in total. The van der Waals surface area contributed by atoms with E-state index in [1.807, 2.05) is 45.9 Å². The van der Waals surface area contributed by atoms with Gasteiger partial charge >= 0.3 is 6.09 Å². The van der Waals surface area contributed by atoms with E-state index >= 15 is 0 Å². The van der Waals surface area contributed by atoms with Gasteiger partial charge < -0.3 is 15.0 Å². The molecule has 1 aromatic carbocycles. The van der Waals surface area contributed by atoms with Crippen LogP contribution in [0.25, 0.3) is 0 Å². The number of carbonyl (C=O) groups excluding carboxylic acids is 2. The van der Waals surface area contributed by atoms with Crippen LogP contribution in [0.1, 0.15) is 38.3 Å². The van der Waals surface area contributed by atoms with E-state index in [1.165, 1.54) is 0 Å². The first kappa shape index (κ1) is 14.9. The number of nitrogens with one attached hydrogen (secondary N) is 1. The minimum absolute atomic E-state index is 0.0112. The molecule has 0 aromatic heterocycles. The van der Waals surface area contributed by atoms with Crippen LogP contribution in [-0.2, 0) is 14.9 Å². The summed E-state index contributed by atoms with van der Waals surface area (Å²) >= 11 is 0. The summed E-state index contributed by atoms with van der Waals surface area (Å²) in [5, 5.41) is 2.99. The summed E-state index contributed by atoms with van der Waals surface area (Å²) < 4.78 is 5.43. The van der Waals surface area contributed by atoms with Gasteiger partial charge in [0.05, 0.1) is 5.41 Å². The van der Waals surface area contributed by atoms with Gasteiger partial charge in [-0.15, -0.1) is 0 Å². The number of carbonyl (C=O) groups is 2. The monoisotopic (exact) mass is 302 g/mol. The van der Waals surface area contributed by atoms with Crippen molar-refractivity contribution in [1.29, 1.82) is 0 Å². The Bertz CT molecular complexity index is 648. The Hall–Kier alpha value is -2.04. The molecule has 5 heteroatoms. The third kappa shape index (κ3) is 2.25. The minimum Gasteiger partial charge on any atom is -0.444 e. The summed E-state index contributed by atoms with van der Waals surface area (Å²) in [6, 6.07) is 5.93. The van der Waals surface area contributed by atoms with Crippen molar-refractivity contribution in [3.05, 3.63) is 29.3 Å². The van der Waals surface area contributed by atoms with Crippen LogP contribution in [0.2, 0.25) is 0 Å². The van der Waals surface area contributed by atoms with Crippen molar-refractivity contribution in [3.8, 4) is 0 Å². The molecule has 2 amide bonds. The zero-order valence-corrected chi connectivity index (χ0v) is 13.5. The molecule has 1 unspecified atom stereocenters. The van der Waals surface area contributed by atoms with Crippen LogP contribution in [-0.4, -0.2) is 35.6 Å². The second-order valence-corrected chi connectivity index (χ2v) is 7.19. The van der Waals surface area contributed by atoms with E-state index in [0.717, 1.165) is 16.8 Å². The van der Waals surface area contributed by atoms with Crippen molar-refractivity contribution in [3.63, 3.8) is 0 Å². The number of hydrogen-bond donors (Lipinski definition) is 1. The van der Waals surface area contributed by atoms with E-state index < -0.39 is 11.0 Å². The standard InChI is InChI=1S/C17H22N2O3/c1-11-6-5-7-12-13(11)18-14(20)17(12)8-9-19(10-17)15(21)22-16(2,3)4/h5-7H,8-10H2,1-4H3,(H,18,20). The number of nitrogens with zero attached hydrogens (tertiary/aromatic N) is 1. The maximum Gasteiger partial charge on any atom is 0.410 e. The lowest BCUT2D eigenvalue weighted by Crippen LogP contribution is -2.41. The van der Waals surface area contributed by atoms with Gasteiger partial charge in [0.2, 0.25) is 5.91 Å². The number of hydrogen-bond acceptors (Lipinski definition) is 3. The Morgan fingerprint density at radius 1 is 1.36 bits per heavy atom. The first-order valence-corrected chi connectivity index (χ1v) is 7.62. The first-order chi connectivity index (χ1) is 10.2. The second-order valence-electron chi connectivity index (χ2n) is 7.19. The van der Waals surface area contributed by atoms with Gasteiger partial charge in [-0.3, -0.25) is 4.79 Å². The number of anilines is 1. The Kier molecular flexibility index (Phi) is 3.20. The summed E-state index contributed by atoms with van der Waals surface area (Å²) in [7, 11) is 0. The van der Waals surface area contributed by atoms with Gasteiger partial charge in [0.15, 0.2) is 0 Å². The van der Waals surface area contributed by atoms with E-state index in [9.17, 15) is 9.59 Å². The summed E-state index contributed by atoms with van der Waals surface area (Å²) in [6.07, 6.45) is 0.285. The summed E-state index contributed by atoms with van der Waals surface area (Å²) in [5.74, 6) is -0.0112. The molecule has 2 heterocycles. The highest BCUT2D eigenvalue weighted by Crippen LogP contribution is 2.45. The van der Waals surface area contributed by atoms with Crippen molar-refractivity contribution < 1.29 is 14.3 Å². The summed E-state index contributed by atoms with van der Waals surface area (Å²) in [4.78, 5) is 26.5. The zero-order valence-electron chi connectivity index (χ0n) is 13.5. The number of para-hydroxylation sites is 1. The smallest absolute Gasteiger partial charge is 0.410 e. The molecule has 3 rings (SSSR count). The van der Waals surface area contributed by atoms with E-state index in [-0.39, 0.29) is 12.0 Å². The van der Waals surface area contributed by atoms with Crippen molar-refractivity contribution in [2.75, 3.05) is 18.4 Å². The van der Waals surface area contributed by atoms with Crippen LogP contribution >= 0.6 is 0 Å². The molecule has 118 valence electrons. The highest BCUT2D eigenvalue weighted by Gasteiger charge is 2.52. The normalized spacial score (nSPS) is 23.6. The van der Waals surface area contributed by atoms with Crippen LogP contribution in [0, 0.1) is 6.92 Å². The van der Waals surface area contributed by atoms with Gasteiger partial charge in [-0.1, -0.05) is 18.2 Å². The SMILES string of the molecule is Cc1cccc2c1NC(=O)C21CCN(C(=O)OC(C)(C)C)C1. The zero-order chi connectivity index (χ0) is 16.1. The molecule has 5 nitrogen and oxygen atoms in total. The molecule has 2 aliphatic heterocycles. The summed E-state index contributed by atoms with van der Waals surface area (Å²) in [5.41, 5.74) is 1.80. The topological polar surface area (TPSA) is 58.6 Å². The van der Waals surface area contributed by atoms with Gasteiger partial charge in [0.1, 0.15) is 5.60 Å². The molecule has 22 heavy (non-hydrogen) atoms. The lowest BCUT2D eigenvalue weighted by Gasteiger charge is -2.26. The van der Waals surface area contributed by atoms with Crippen molar-refractivity contribution in [2.45, 2.75) is 45.1 Å². The van der Waals surface area contributed by atoms with Gasteiger partial charge in [0, 0.05) is 18.8 Å². The number of aryl methyl sites for hydroxylation is 1. The van der Waals surface area contributed by atoms with Gasteiger partial charge in [-0.2, -0.15) is 0 Å². The lowest BCUT2D eigenvalue weighted by atomic mass is 9.80. The predicted molar refractivity (Wildman–Crippen MR) is 83.9 cm³/mol. The molecule has 0 bridgehead atoms. The van der Waals surface area contributed by atoms with Crippen molar-refractivity contribution >= 4 is 17.7 Å². The molecular weight excluding hydrogens is 280 g/mol. The van der Waals surface area contributed by atoms with Crippen LogP contribution < -0.4 is 5.32 Å². The fourth-order valence-electron chi connectivity index (χ4n) is 3.29. The molecule has 0 radical (unpaired) electrons. The number of ether oxygens (including phenoxy) is 1. The largest absolute Gasteiger partial charge is 0.444 e. The number of benzene rings is 1. The second kappa shape index (κ2) is 4.73. The lowest BCUT2D eigenvalue weighted by molar-refractivity contribution is -0.120. The highest BCUT2D eigenvalue weighted by molar-refractivity contribution is 6.07. The van der Waals surface area contributed by atoms with Gasteiger partial charge in [-0.25, -0.2) is 4.79 Å². The van der Waals surface area contributed by atoms with E-state index in [2.05, 4.69) is 5.32 Å². The maximum absolute atomic E-state index is 12.6. The molecule has 0 aliphatic carbocycles. The Morgan fingerprint density at radius 2 is 2.09 bits per heavy atom. The van der Waals surface area contributed by atoms with Crippen LogP contribution in [0.15, 0.2) is 18.2 Å². The van der Waals surface area contributed by atoms with Gasteiger partial charge in [-0.05, 0) is 45.2 Å². The van der Waals surface area contributed by atoms with Crippen LogP contribution in [0.4, 0.5) is 10.5 Å². The number of amides is 2. The average Bonchev–Trinajstić information content (AvgIpc) is 2.95. The molecule has 1 spiro atoms. The number of fused-ring (bicyclic) bond motifs is 2. The minimum atomic E-state index is -0.627. The van der Waals surface area contributed by atoms with Crippen LogP contribution in [0.3, 0.4) is 0 Å². The fourth-order valence-corrected chi connectivity index (χ4v) is 3.29. The Balaban J connectivity index is 1.87. The highest BCUT2D eigenvalue weighted by atomic mass is 16.6. The fraction of sp³-hybridized carbons (Fsp3) is 0.529. The molecule has 1 aromatic rings. The average molecular weight is 302 g/mol.